The lowest BCUT2D eigenvalue weighted by Crippen LogP contribution is -2.46. The molecule has 1 aromatic carbocycles. The molecule has 5 N–H and O–H groups in total. The molecule has 8 nitrogen and oxygen atoms in total. The maximum Gasteiger partial charge on any atom is 0.306 e. The number of carbonyl (C=O) groups excluding carboxylic acids is 3. The van der Waals surface area contributed by atoms with Crippen LogP contribution in [0.15, 0.2) is 30.3 Å². The van der Waals surface area contributed by atoms with E-state index in [0.717, 1.165) is 12.0 Å². The SMILES string of the molecule is C[C@@H](CCC(=O)N(CCN)CCN)C(=O)NC(C)(C)CCC(C)(C)CC(=O)OCc1ccccc1. The normalized spacial score (nSPS) is 12.7. The van der Waals surface area contributed by atoms with Gasteiger partial charge in [-0.2, -0.15) is 0 Å². The zero-order valence-electron chi connectivity index (χ0n) is 22.3. The van der Waals surface area contributed by atoms with Crippen molar-refractivity contribution >= 4 is 17.8 Å². The first-order valence-corrected chi connectivity index (χ1v) is 12.6. The molecular weight excluding hydrogens is 444 g/mol. The second-order valence-electron chi connectivity index (χ2n) is 10.8. The van der Waals surface area contributed by atoms with Gasteiger partial charge in [0.15, 0.2) is 0 Å². The van der Waals surface area contributed by atoms with Crippen molar-refractivity contribution in [1.82, 2.24) is 10.2 Å². The van der Waals surface area contributed by atoms with Crippen molar-refractivity contribution in [3.63, 3.8) is 0 Å². The van der Waals surface area contributed by atoms with Gasteiger partial charge >= 0.3 is 5.97 Å². The third-order valence-corrected chi connectivity index (χ3v) is 6.14. The second-order valence-corrected chi connectivity index (χ2v) is 10.8. The molecule has 0 saturated carbocycles. The first kappa shape index (κ1) is 30.6. The minimum absolute atomic E-state index is 0.0271. The summed E-state index contributed by atoms with van der Waals surface area (Å²) in [5.41, 5.74) is 11.4. The Morgan fingerprint density at radius 1 is 1.00 bits per heavy atom. The van der Waals surface area contributed by atoms with Crippen LogP contribution in [0.3, 0.4) is 0 Å². The van der Waals surface area contributed by atoms with Crippen LogP contribution in [0.1, 0.15) is 72.3 Å². The summed E-state index contributed by atoms with van der Waals surface area (Å²) in [7, 11) is 0. The Hall–Kier alpha value is -2.45. The molecule has 0 aliphatic heterocycles. The fourth-order valence-corrected chi connectivity index (χ4v) is 3.74. The summed E-state index contributed by atoms with van der Waals surface area (Å²) in [6.45, 7) is 11.9. The summed E-state index contributed by atoms with van der Waals surface area (Å²) in [5, 5.41) is 3.11. The number of hydrogen-bond acceptors (Lipinski definition) is 6. The van der Waals surface area contributed by atoms with E-state index < -0.39 is 5.54 Å². The van der Waals surface area contributed by atoms with Crippen molar-refractivity contribution in [2.45, 2.75) is 78.9 Å². The number of nitrogens with two attached hydrogens (primary N) is 2. The van der Waals surface area contributed by atoms with E-state index in [1.165, 1.54) is 0 Å². The van der Waals surface area contributed by atoms with E-state index >= 15 is 0 Å². The van der Waals surface area contributed by atoms with Gasteiger partial charge < -0.3 is 26.4 Å². The Kier molecular flexibility index (Phi) is 13.0. The molecule has 1 rings (SSSR count). The number of rotatable bonds is 16. The number of nitrogens with one attached hydrogen (secondary N) is 1. The zero-order valence-corrected chi connectivity index (χ0v) is 22.3. The zero-order chi connectivity index (χ0) is 26.5. The first-order valence-electron chi connectivity index (χ1n) is 12.6. The van der Waals surface area contributed by atoms with E-state index in [0.29, 0.717) is 45.4 Å². The average molecular weight is 491 g/mol. The van der Waals surface area contributed by atoms with Gasteiger partial charge in [-0.25, -0.2) is 0 Å². The summed E-state index contributed by atoms with van der Waals surface area (Å²) >= 11 is 0. The van der Waals surface area contributed by atoms with Crippen LogP contribution in [0.25, 0.3) is 0 Å². The van der Waals surface area contributed by atoms with Crippen molar-refractivity contribution in [3.05, 3.63) is 35.9 Å². The lowest BCUT2D eigenvalue weighted by molar-refractivity contribution is -0.147. The molecule has 0 aromatic heterocycles. The molecule has 0 aliphatic rings. The average Bonchev–Trinajstić information content (AvgIpc) is 2.80. The number of carbonyl (C=O) groups is 3. The Morgan fingerprint density at radius 3 is 2.17 bits per heavy atom. The third-order valence-electron chi connectivity index (χ3n) is 6.14. The molecule has 0 aliphatic carbocycles. The van der Waals surface area contributed by atoms with Gasteiger partial charge in [0, 0.05) is 44.1 Å². The Balaban J connectivity index is 2.46. The number of hydrogen-bond donors (Lipinski definition) is 3. The molecule has 8 heteroatoms. The Labute approximate surface area is 211 Å². The lowest BCUT2D eigenvalue weighted by atomic mass is 9.80. The molecule has 0 spiro atoms. The lowest BCUT2D eigenvalue weighted by Gasteiger charge is -2.32. The summed E-state index contributed by atoms with van der Waals surface area (Å²) in [4.78, 5) is 39.2. The number of ether oxygens (including phenoxy) is 1. The highest BCUT2D eigenvalue weighted by Gasteiger charge is 2.29. The molecule has 35 heavy (non-hydrogen) atoms. The monoisotopic (exact) mass is 490 g/mol. The van der Waals surface area contributed by atoms with Crippen LogP contribution < -0.4 is 16.8 Å². The number of amides is 2. The minimum Gasteiger partial charge on any atom is -0.461 e. The van der Waals surface area contributed by atoms with Gasteiger partial charge in [-0.15, -0.1) is 0 Å². The van der Waals surface area contributed by atoms with Crippen molar-refractivity contribution in [3.8, 4) is 0 Å². The van der Waals surface area contributed by atoms with E-state index in [2.05, 4.69) is 5.32 Å². The van der Waals surface area contributed by atoms with E-state index in [9.17, 15) is 14.4 Å². The molecule has 1 aromatic rings. The number of esters is 1. The number of benzene rings is 1. The van der Waals surface area contributed by atoms with Gasteiger partial charge in [0.25, 0.3) is 0 Å². The fourth-order valence-electron chi connectivity index (χ4n) is 3.74. The predicted octanol–water partition coefficient (Wildman–Crippen LogP) is 2.98. The van der Waals surface area contributed by atoms with Crippen LogP contribution in [0.4, 0.5) is 0 Å². The molecular formula is C27H46N4O4. The molecule has 0 radical (unpaired) electrons. The molecule has 0 heterocycles. The second kappa shape index (κ2) is 14.8. The standard InChI is InChI=1S/C27H46N4O4/c1-21(11-12-23(32)31(17-15-28)18-16-29)25(34)30-27(4,5)14-13-26(2,3)19-24(33)35-20-22-9-7-6-8-10-22/h6-10,21H,11-20,28-29H2,1-5H3,(H,30,34)/t21-/m0/s1. The van der Waals surface area contributed by atoms with Crippen molar-refractivity contribution < 1.29 is 19.1 Å². The van der Waals surface area contributed by atoms with Crippen LogP contribution in [0.5, 0.6) is 0 Å². The van der Waals surface area contributed by atoms with Gasteiger partial charge in [0.05, 0.1) is 6.42 Å². The maximum absolute atomic E-state index is 12.8. The molecule has 0 fully saturated rings. The highest BCUT2D eigenvalue weighted by molar-refractivity contribution is 5.81. The Bertz CT molecular complexity index is 790. The summed E-state index contributed by atoms with van der Waals surface area (Å²) in [6.07, 6.45) is 2.52. The predicted molar refractivity (Wildman–Crippen MR) is 139 cm³/mol. The molecule has 2 amide bonds. The molecule has 0 unspecified atom stereocenters. The molecule has 198 valence electrons. The van der Waals surface area contributed by atoms with Gasteiger partial charge in [-0.3, -0.25) is 14.4 Å². The van der Waals surface area contributed by atoms with Crippen LogP contribution in [0.2, 0.25) is 0 Å². The van der Waals surface area contributed by atoms with E-state index in [1.54, 1.807) is 4.90 Å². The van der Waals surface area contributed by atoms with Crippen molar-refractivity contribution in [2.75, 3.05) is 26.2 Å². The van der Waals surface area contributed by atoms with Crippen molar-refractivity contribution in [2.24, 2.45) is 22.8 Å². The Morgan fingerprint density at radius 2 is 1.60 bits per heavy atom. The highest BCUT2D eigenvalue weighted by Crippen LogP contribution is 2.30. The van der Waals surface area contributed by atoms with Crippen LogP contribution in [-0.2, 0) is 25.7 Å². The van der Waals surface area contributed by atoms with Crippen LogP contribution in [-0.4, -0.2) is 54.4 Å². The smallest absolute Gasteiger partial charge is 0.306 e. The topological polar surface area (TPSA) is 128 Å². The minimum atomic E-state index is -0.439. The first-order chi connectivity index (χ1) is 16.4. The van der Waals surface area contributed by atoms with Crippen molar-refractivity contribution in [1.29, 1.82) is 0 Å². The highest BCUT2D eigenvalue weighted by atomic mass is 16.5. The maximum atomic E-state index is 12.8. The van der Waals surface area contributed by atoms with E-state index in [1.807, 2.05) is 65.0 Å². The third kappa shape index (κ3) is 12.7. The fraction of sp³-hybridized carbons (Fsp3) is 0.667. The molecule has 0 bridgehead atoms. The molecule has 0 saturated heterocycles. The van der Waals surface area contributed by atoms with Crippen LogP contribution >= 0.6 is 0 Å². The van der Waals surface area contributed by atoms with Gasteiger partial charge in [0.1, 0.15) is 6.61 Å². The van der Waals surface area contributed by atoms with E-state index in [4.69, 9.17) is 16.2 Å². The number of nitrogens with zero attached hydrogens (tertiary/aromatic N) is 1. The van der Waals surface area contributed by atoms with Gasteiger partial charge in [-0.1, -0.05) is 51.1 Å². The van der Waals surface area contributed by atoms with Crippen LogP contribution in [0, 0.1) is 11.3 Å². The van der Waals surface area contributed by atoms with E-state index in [-0.39, 0.29) is 42.1 Å². The molecule has 1 atom stereocenters. The summed E-state index contributed by atoms with van der Waals surface area (Å²) < 4.78 is 5.43. The summed E-state index contributed by atoms with van der Waals surface area (Å²) in [6, 6.07) is 9.62. The van der Waals surface area contributed by atoms with Gasteiger partial charge in [0.2, 0.25) is 11.8 Å². The quantitative estimate of drug-likeness (QED) is 0.306. The van der Waals surface area contributed by atoms with Gasteiger partial charge in [-0.05, 0) is 44.1 Å². The largest absolute Gasteiger partial charge is 0.461 e. The summed E-state index contributed by atoms with van der Waals surface area (Å²) in [5.74, 6) is -0.623.